The van der Waals surface area contributed by atoms with Crippen molar-refractivity contribution in [2.24, 2.45) is 0 Å². The highest BCUT2D eigenvalue weighted by molar-refractivity contribution is 7.86. The minimum atomic E-state index is -3.57. The molecular formula is C9H9NO3S. The van der Waals surface area contributed by atoms with Crippen LogP contribution < -0.4 is 0 Å². The molecule has 0 aliphatic rings. The highest BCUT2D eigenvalue weighted by atomic mass is 32.2. The second-order valence-corrected chi connectivity index (χ2v) is 4.20. The molecule has 1 unspecified atom stereocenters. The maximum atomic E-state index is 10.8. The minimum Gasteiger partial charge on any atom is -0.257 e. The first-order valence-electron chi connectivity index (χ1n) is 3.78. The number of aromatic nitrogens is 1. The Bertz CT molecular complexity index is 433. The van der Waals surface area contributed by atoms with Crippen molar-refractivity contribution in [2.45, 2.75) is 6.10 Å². The molecule has 5 heteroatoms. The molecule has 14 heavy (non-hydrogen) atoms. The molecule has 1 rings (SSSR count). The highest BCUT2D eigenvalue weighted by Crippen LogP contribution is 2.15. The summed E-state index contributed by atoms with van der Waals surface area (Å²) in [6.07, 6.45) is 6.64. The molecule has 0 aromatic carbocycles. The van der Waals surface area contributed by atoms with Crippen LogP contribution in [-0.4, -0.2) is 19.7 Å². The molecule has 0 aliphatic carbocycles. The number of nitrogens with zero attached hydrogens (tertiary/aromatic N) is 1. The molecule has 1 aromatic heterocycles. The predicted molar refractivity (Wildman–Crippen MR) is 51.7 cm³/mol. The second kappa shape index (κ2) is 4.22. The number of terminal acetylenes is 1. The first-order valence-corrected chi connectivity index (χ1v) is 5.60. The summed E-state index contributed by atoms with van der Waals surface area (Å²) >= 11 is 0. The molecule has 0 N–H and O–H groups in total. The Morgan fingerprint density at radius 2 is 2.29 bits per heavy atom. The number of hydrogen-bond acceptors (Lipinski definition) is 4. The largest absolute Gasteiger partial charge is 0.265 e. The summed E-state index contributed by atoms with van der Waals surface area (Å²) in [6.45, 7) is 0. The predicted octanol–water partition coefficient (Wildman–Crippen LogP) is 0.732. The number of pyridine rings is 1. The minimum absolute atomic E-state index is 0.403. The van der Waals surface area contributed by atoms with Crippen molar-refractivity contribution in [3.8, 4) is 12.3 Å². The molecule has 0 bridgehead atoms. The molecule has 0 radical (unpaired) electrons. The van der Waals surface area contributed by atoms with Gasteiger partial charge in [-0.2, -0.15) is 8.42 Å². The first-order chi connectivity index (χ1) is 6.53. The average Bonchev–Trinajstić information content (AvgIpc) is 2.14. The third kappa shape index (κ3) is 3.17. The third-order valence-electron chi connectivity index (χ3n) is 1.38. The molecule has 0 aliphatic heterocycles. The van der Waals surface area contributed by atoms with Crippen LogP contribution >= 0.6 is 0 Å². The van der Waals surface area contributed by atoms with E-state index in [1.54, 1.807) is 18.2 Å². The first kappa shape index (κ1) is 10.7. The van der Waals surface area contributed by atoms with E-state index in [0.29, 0.717) is 5.69 Å². The fourth-order valence-electron chi connectivity index (χ4n) is 0.868. The van der Waals surface area contributed by atoms with Gasteiger partial charge in [0.1, 0.15) is 0 Å². The Morgan fingerprint density at radius 1 is 1.57 bits per heavy atom. The molecule has 74 valence electrons. The zero-order chi connectivity index (χ0) is 10.6. The van der Waals surface area contributed by atoms with Crippen LogP contribution in [0.1, 0.15) is 11.8 Å². The van der Waals surface area contributed by atoms with Crippen LogP contribution in [0.25, 0.3) is 0 Å². The molecule has 0 saturated carbocycles. The van der Waals surface area contributed by atoms with E-state index in [1.807, 2.05) is 0 Å². The van der Waals surface area contributed by atoms with Gasteiger partial charge in [0, 0.05) is 6.20 Å². The van der Waals surface area contributed by atoms with Crippen molar-refractivity contribution in [3.05, 3.63) is 30.1 Å². The van der Waals surface area contributed by atoms with E-state index in [1.165, 1.54) is 6.20 Å². The van der Waals surface area contributed by atoms with Gasteiger partial charge in [-0.3, -0.25) is 4.98 Å². The Morgan fingerprint density at radius 3 is 2.71 bits per heavy atom. The Kier molecular flexibility index (Phi) is 3.23. The molecule has 0 spiro atoms. The Balaban J connectivity index is 2.91. The molecule has 1 atom stereocenters. The van der Waals surface area contributed by atoms with Gasteiger partial charge in [0.2, 0.25) is 0 Å². The Hall–Kier alpha value is -1.38. The summed E-state index contributed by atoms with van der Waals surface area (Å²) in [7, 11) is -3.57. The molecule has 1 aromatic rings. The smallest absolute Gasteiger partial charge is 0.257 e. The summed E-state index contributed by atoms with van der Waals surface area (Å²) in [5.41, 5.74) is 0.403. The van der Waals surface area contributed by atoms with Crippen LogP contribution in [0.2, 0.25) is 0 Å². The molecule has 1 heterocycles. The van der Waals surface area contributed by atoms with E-state index in [2.05, 4.69) is 15.1 Å². The quantitative estimate of drug-likeness (QED) is 0.546. The van der Waals surface area contributed by atoms with E-state index in [9.17, 15) is 8.42 Å². The van der Waals surface area contributed by atoms with Gasteiger partial charge in [0.05, 0.1) is 11.9 Å². The monoisotopic (exact) mass is 211 g/mol. The highest BCUT2D eigenvalue weighted by Gasteiger charge is 2.15. The average molecular weight is 211 g/mol. The van der Waals surface area contributed by atoms with E-state index < -0.39 is 16.2 Å². The van der Waals surface area contributed by atoms with Crippen molar-refractivity contribution in [3.63, 3.8) is 0 Å². The van der Waals surface area contributed by atoms with Gasteiger partial charge < -0.3 is 0 Å². The van der Waals surface area contributed by atoms with Crippen molar-refractivity contribution in [1.29, 1.82) is 0 Å². The summed E-state index contributed by atoms with van der Waals surface area (Å²) < 4.78 is 26.3. The third-order valence-corrected chi connectivity index (χ3v) is 1.92. The summed E-state index contributed by atoms with van der Waals surface area (Å²) in [4.78, 5) is 3.90. The molecule has 0 fully saturated rings. The lowest BCUT2D eigenvalue weighted by Crippen LogP contribution is -2.09. The van der Waals surface area contributed by atoms with Crippen molar-refractivity contribution >= 4 is 10.1 Å². The van der Waals surface area contributed by atoms with E-state index in [-0.39, 0.29) is 0 Å². The lowest BCUT2D eigenvalue weighted by atomic mass is 10.2. The SMILES string of the molecule is C#CC(OS(C)(=O)=O)c1ccccn1. The van der Waals surface area contributed by atoms with Crippen LogP contribution in [0.3, 0.4) is 0 Å². The van der Waals surface area contributed by atoms with E-state index >= 15 is 0 Å². The van der Waals surface area contributed by atoms with Crippen LogP contribution in [0.15, 0.2) is 24.4 Å². The lowest BCUT2D eigenvalue weighted by Gasteiger charge is -2.08. The van der Waals surface area contributed by atoms with E-state index in [0.717, 1.165) is 6.26 Å². The van der Waals surface area contributed by atoms with Gasteiger partial charge in [-0.15, -0.1) is 6.42 Å². The maximum Gasteiger partial charge on any atom is 0.265 e. The van der Waals surface area contributed by atoms with Gasteiger partial charge in [-0.1, -0.05) is 12.0 Å². The molecule has 0 amide bonds. The summed E-state index contributed by atoms with van der Waals surface area (Å²) in [6, 6.07) is 5.02. The van der Waals surface area contributed by atoms with Gasteiger partial charge in [0.15, 0.2) is 6.10 Å². The summed E-state index contributed by atoms with van der Waals surface area (Å²) in [5.74, 6) is 2.21. The van der Waals surface area contributed by atoms with Crippen LogP contribution in [0, 0.1) is 12.3 Å². The van der Waals surface area contributed by atoms with E-state index in [4.69, 9.17) is 6.42 Å². The fraction of sp³-hybridized carbons (Fsp3) is 0.222. The van der Waals surface area contributed by atoms with Crippen molar-refractivity contribution in [1.82, 2.24) is 4.98 Å². The second-order valence-electron chi connectivity index (χ2n) is 2.60. The van der Waals surface area contributed by atoms with Gasteiger partial charge in [0.25, 0.3) is 10.1 Å². The lowest BCUT2D eigenvalue weighted by molar-refractivity contribution is 0.268. The van der Waals surface area contributed by atoms with Crippen LogP contribution in [0.5, 0.6) is 0 Å². The van der Waals surface area contributed by atoms with Gasteiger partial charge >= 0.3 is 0 Å². The zero-order valence-corrected chi connectivity index (χ0v) is 8.36. The fourth-order valence-corrected chi connectivity index (χ4v) is 1.37. The van der Waals surface area contributed by atoms with Crippen LogP contribution in [0.4, 0.5) is 0 Å². The molecular weight excluding hydrogens is 202 g/mol. The molecule has 4 nitrogen and oxygen atoms in total. The number of rotatable bonds is 3. The normalized spacial score (nSPS) is 13.1. The van der Waals surface area contributed by atoms with Crippen LogP contribution in [-0.2, 0) is 14.3 Å². The zero-order valence-electron chi connectivity index (χ0n) is 7.54. The van der Waals surface area contributed by atoms with Gasteiger partial charge in [-0.25, -0.2) is 4.18 Å². The summed E-state index contributed by atoms with van der Waals surface area (Å²) in [5, 5.41) is 0. The van der Waals surface area contributed by atoms with Crippen molar-refractivity contribution in [2.75, 3.05) is 6.26 Å². The van der Waals surface area contributed by atoms with Gasteiger partial charge in [-0.05, 0) is 12.1 Å². The van der Waals surface area contributed by atoms with Crippen molar-refractivity contribution < 1.29 is 12.6 Å². The topological polar surface area (TPSA) is 56.3 Å². The maximum absolute atomic E-state index is 10.8. The number of hydrogen-bond donors (Lipinski definition) is 0. The Labute approximate surface area is 83.1 Å². The standard InChI is InChI=1S/C9H9NO3S/c1-3-9(13-14(2,11)12)8-6-4-5-7-10-8/h1,4-7,9H,2H3. The molecule has 0 saturated heterocycles.